The molecule has 3 N–H and O–H groups in total. The number of hydrogen-bond acceptors (Lipinski definition) is 3. The summed E-state index contributed by atoms with van der Waals surface area (Å²) in [6.07, 6.45) is 1.72. The van der Waals surface area contributed by atoms with Gasteiger partial charge in [0.15, 0.2) is 0 Å². The molecule has 1 amide bonds. The van der Waals surface area contributed by atoms with Crippen LogP contribution in [-0.4, -0.2) is 35.6 Å². The molecule has 1 aliphatic rings. The molecule has 2 aromatic carbocycles. The lowest BCUT2D eigenvalue weighted by atomic mass is 10.0. The van der Waals surface area contributed by atoms with E-state index in [4.69, 9.17) is 10.8 Å². The van der Waals surface area contributed by atoms with Gasteiger partial charge in [0.05, 0.1) is 5.56 Å². The number of carbonyl (C=O) groups is 1. The molecule has 4 nitrogen and oxygen atoms in total. The quantitative estimate of drug-likeness (QED) is 0.850. The second-order valence-corrected chi connectivity index (χ2v) is 5.70. The number of nitrogen functional groups attached to an aromatic ring is 1. The summed E-state index contributed by atoms with van der Waals surface area (Å²) in [5.74, 6) is 0.402. The van der Waals surface area contributed by atoms with Gasteiger partial charge in [0.1, 0.15) is 0 Å². The summed E-state index contributed by atoms with van der Waals surface area (Å²) in [5, 5.41) is 11.1. The average Bonchev–Trinajstić information content (AvgIpc) is 2.95. The maximum atomic E-state index is 12.6. The van der Waals surface area contributed by atoms with Crippen LogP contribution >= 0.6 is 0 Å². The van der Waals surface area contributed by atoms with Crippen LogP contribution in [0.1, 0.15) is 23.2 Å². The van der Waals surface area contributed by atoms with Gasteiger partial charge in [0.2, 0.25) is 0 Å². The largest absolute Gasteiger partial charge is 0.398 e. The fourth-order valence-electron chi connectivity index (χ4n) is 3.05. The van der Waals surface area contributed by atoms with Crippen LogP contribution in [0.25, 0.3) is 10.8 Å². The van der Waals surface area contributed by atoms with E-state index in [0.29, 0.717) is 23.7 Å². The predicted octanol–water partition coefficient (Wildman–Crippen LogP) is 2.27. The zero-order valence-electron chi connectivity index (χ0n) is 12.0. The first-order chi connectivity index (χ1) is 10.2. The Labute approximate surface area is 124 Å². The normalized spacial score (nSPS) is 18.3. The van der Waals surface area contributed by atoms with Crippen molar-refractivity contribution in [2.75, 3.05) is 25.4 Å². The predicted molar refractivity (Wildman–Crippen MR) is 84.1 cm³/mol. The number of rotatable bonds is 3. The summed E-state index contributed by atoms with van der Waals surface area (Å²) in [6, 6.07) is 11.6. The van der Waals surface area contributed by atoms with Crippen LogP contribution in [0.2, 0.25) is 0 Å². The van der Waals surface area contributed by atoms with E-state index in [1.54, 1.807) is 0 Å². The molecule has 21 heavy (non-hydrogen) atoms. The highest BCUT2D eigenvalue weighted by atomic mass is 16.3. The van der Waals surface area contributed by atoms with Crippen molar-refractivity contribution >= 4 is 22.4 Å². The Morgan fingerprint density at radius 1 is 1.29 bits per heavy atom. The molecule has 0 aliphatic carbocycles. The molecule has 0 radical (unpaired) electrons. The minimum atomic E-state index is -0.00121. The molecule has 1 heterocycles. The number of benzene rings is 2. The number of fused-ring (bicyclic) bond motifs is 1. The summed E-state index contributed by atoms with van der Waals surface area (Å²) >= 11 is 0. The number of anilines is 1. The van der Waals surface area contributed by atoms with Crippen LogP contribution in [-0.2, 0) is 0 Å². The maximum Gasteiger partial charge on any atom is 0.255 e. The van der Waals surface area contributed by atoms with Crippen molar-refractivity contribution in [1.29, 1.82) is 0 Å². The third-order valence-corrected chi connectivity index (χ3v) is 4.26. The Morgan fingerprint density at radius 3 is 2.71 bits per heavy atom. The van der Waals surface area contributed by atoms with Crippen molar-refractivity contribution in [3.63, 3.8) is 0 Å². The molecule has 1 unspecified atom stereocenters. The van der Waals surface area contributed by atoms with E-state index < -0.39 is 0 Å². The number of aliphatic hydroxyl groups excluding tert-OH is 1. The fraction of sp³-hybridized carbons (Fsp3) is 0.353. The summed E-state index contributed by atoms with van der Waals surface area (Å²) in [7, 11) is 0. The van der Waals surface area contributed by atoms with Gasteiger partial charge in [-0.15, -0.1) is 0 Å². The van der Waals surface area contributed by atoms with Gasteiger partial charge in [-0.05, 0) is 41.7 Å². The minimum Gasteiger partial charge on any atom is -0.398 e. The van der Waals surface area contributed by atoms with Gasteiger partial charge in [0, 0.05) is 25.4 Å². The SMILES string of the molecule is Nc1cc2ccccc2cc1C(=O)N1CCC(CCO)C1. The zero-order valence-corrected chi connectivity index (χ0v) is 12.0. The van der Waals surface area contributed by atoms with Crippen molar-refractivity contribution < 1.29 is 9.90 Å². The third kappa shape index (κ3) is 2.72. The van der Waals surface area contributed by atoms with Gasteiger partial charge in [-0.1, -0.05) is 24.3 Å². The molecule has 1 aliphatic heterocycles. The van der Waals surface area contributed by atoms with Crippen molar-refractivity contribution in [2.24, 2.45) is 5.92 Å². The lowest BCUT2D eigenvalue weighted by Gasteiger charge is -2.18. The number of hydrogen-bond donors (Lipinski definition) is 2. The monoisotopic (exact) mass is 284 g/mol. The smallest absolute Gasteiger partial charge is 0.255 e. The Kier molecular flexibility index (Phi) is 3.80. The number of nitrogens with zero attached hydrogens (tertiary/aromatic N) is 1. The third-order valence-electron chi connectivity index (χ3n) is 4.26. The summed E-state index contributed by atoms with van der Waals surface area (Å²) in [6.45, 7) is 1.65. The van der Waals surface area contributed by atoms with E-state index in [-0.39, 0.29) is 12.5 Å². The molecule has 0 saturated carbocycles. The van der Waals surface area contributed by atoms with E-state index in [9.17, 15) is 4.79 Å². The molecule has 1 fully saturated rings. The number of amides is 1. The van der Waals surface area contributed by atoms with Crippen LogP contribution in [0.4, 0.5) is 5.69 Å². The summed E-state index contributed by atoms with van der Waals surface area (Å²) in [5.41, 5.74) is 7.17. The van der Waals surface area contributed by atoms with Crippen molar-refractivity contribution in [1.82, 2.24) is 4.90 Å². The maximum absolute atomic E-state index is 12.6. The van der Waals surface area contributed by atoms with Gasteiger partial charge < -0.3 is 15.7 Å². The molecular formula is C17H20N2O2. The van der Waals surface area contributed by atoms with E-state index in [1.165, 1.54) is 0 Å². The number of aliphatic hydroxyl groups is 1. The first-order valence-electron chi connectivity index (χ1n) is 7.37. The van der Waals surface area contributed by atoms with Crippen LogP contribution in [0.15, 0.2) is 36.4 Å². The van der Waals surface area contributed by atoms with Crippen molar-refractivity contribution in [3.05, 3.63) is 42.0 Å². The highest BCUT2D eigenvalue weighted by Gasteiger charge is 2.27. The fourth-order valence-corrected chi connectivity index (χ4v) is 3.05. The standard InChI is InChI=1S/C17H20N2O2/c18-16-10-14-4-2-1-3-13(14)9-15(16)17(21)19-7-5-12(11-19)6-8-20/h1-4,9-10,12,20H,5-8,11,18H2. The molecule has 110 valence electrons. The minimum absolute atomic E-state index is 0.00121. The Bertz CT molecular complexity index is 669. The number of likely N-dealkylation sites (tertiary alicyclic amines) is 1. The molecule has 0 bridgehead atoms. The van der Waals surface area contributed by atoms with E-state index in [0.717, 1.165) is 30.2 Å². The Hall–Kier alpha value is -2.07. The highest BCUT2D eigenvalue weighted by molar-refractivity contribution is 6.04. The molecular weight excluding hydrogens is 264 g/mol. The Morgan fingerprint density at radius 2 is 2.00 bits per heavy atom. The lowest BCUT2D eigenvalue weighted by molar-refractivity contribution is 0.0786. The van der Waals surface area contributed by atoms with Crippen LogP contribution < -0.4 is 5.73 Å². The van der Waals surface area contributed by atoms with Gasteiger partial charge in [-0.2, -0.15) is 0 Å². The van der Waals surface area contributed by atoms with Gasteiger partial charge in [-0.25, -0.2) is 0 Å². The molecule has 4 heteroatoms. The number of carbonyl (C=O) groups excluding carboxylic acids is 1. The molecule has 3 rings (SSSR count). The van der Waals surface area contributed by atoms with Crippen LogP contribution in [0, 0.1) is 5.92 Å². The summed E-state index contributed by atoms with van der Waals surface area (Å²) < 4.78 is 0. The molecule has 0 aromatic heterocycles. The van der Waals surface area contributed by atoms with E-state index in [1.807, 2.05) is 41.3 Å². The second kappa shape index (κ2) is 5.74. The molecule has 2 aromatic rings. The molecule has 1 atom stereocenters. The first-order valence-corrected chi connectivity index (χ1v) is 7.37. The van der Waals surface area contributed by atoms with Crippen LogP contribution in [0.5, 0.6) is 0 Å². The topological polar surface area (TPSA) is 66.6 Å². The molecule has 0 spiro atoms. The lowest BCUT2D eigenvalue weighted by Crippen LogP contribution is -2.29. The van der Waals surface area contributed by atoms with Crippen LogP contribution in [0.3, 0.4) is 0 Å². The van der Waals surface area contributed by atoms with Crippen molar-refractivity contribution in [3.8, 4) is 0 Å². The van der Waals surface area contributed by atoms with Crippen molar-refractivity contribution in [2.45, 2.75) is 12.8 Å². The van der Waals surface area contributed by atoms with E-state index in [2.05, 4.69) is 0 Å². The van der Waals surface area contributed by atoms with Gasteiger partial charge >= 0.3 is 0 Å². The van der Waals surface area contributed by atoms with Gasteiger partial charge in [-0.3, -0.25) is 4.79 Å². The van der Waals surface area contributed by atoms with Gasteiger partial charge in [0.25, 0.3) is 5.91 Å². The summed E-state index contributed by atoms with van der Waals surface area (Å²) in [4.78, 5) is 14.5. The average molecular weight is 284 g/mol. The highest BCUT2D eigenvalue weighted by Crippen LogP contribution is 2.26. The number of nitrogens with two attached hydrogens (primary N) is 1. The second-order valence-electron chi connectivity index (χ2n) is 5.70. The van der Waals surface area contributed by atoms with E-state index >= 15 is 0 Å². The Balaban J connectivity index is 1.86. The first kappa shape index (κ1) is 13.9. The zero-order chi connectivity index (χ0) is 14.8. The molecule has 1 saturated heterocycles.